The van der Waals surface area contributed by atoms with Crippen molar-refractivity contribution in [2.45, 2.75) is 20.4 Å². The van der Waals surface area contributed by atoms with Crippen molar-refractivity contribution in [2.24, 2.45) is 0 Å². The summed E-state index contributed by atoms with van der Waals surface area (Å²) < 4.78 is 17.3. The van der Waals surface area contributed by atoms with Crippen LogP contribution in [0.25, 0.3) is 10.2 Å². The molecule has 0 spiro atoms. The van der Waals surface area contributed by atoms with Gasteiger partial charge in [-0.1, -0.05) is 29.8 Å². The van der Waals surface area contributed by atoms with Gasteiger partial charge in [0.25, 0.3) is 5.56 Å². The topological polar surface area (TPSA) is 109 Å². The van der Waals surface area contributed by atoms with Gasteiger partial charge in [0.05, 0.1) is 24.5 Å². The summed E-state index contributed by atoms with van der Waals surface area (Å²) in [4.78, 5) is 43.5. The second-order valence-corrected chi connectivity index (χ2v) is 9.47. The first-order valence-corrected chi connectivity index (χ1v) is 12.5. The Kier molecular flexibility index (Phi) is 8.10. The largest absolute Gasteiger partial charge is 0.495 e. The van der Waals surface area contributed by atoms with Gasteiger partial charge in [-0.3, -0.25) is 14.2 Å². The van der Waals surface area contributed by atoms with Crippen LogP contribution in [-0.4, -0.2) is 41.8 Å². The highest BCUT2D eigenvalue weighted by atomic mass is 35.5. The second-order valence-electron chi connectivity index (χ2n) is 8.06. The number of amides is 1. The van der Waals surface area contributed by atoms with Crippen molar-refractivity contribution in [1.82, 2.24) is 9.55 Å². The minimum atomic E-state index is -0.564. The normalized spacial score (nSPS) is 10.8. The van der Waals surface area contributed by atoms with Crippen molar-refractivity contribution < 1.29 is 23.8 Å². The zero-order valence-electron chi connectivity index (χ0n) is 20.4. The molecule has 9 nitrogen and oxygen atoms in total. The molecule has 1 amide bonds. The average Bonchev–Trinajstić information content (AvgIpc) is 3.23. The summed E-state index contributed by atoms with van der Waals surface area (Å²) in [6, 6.07) is 12.5. The average molecular weight is 542 g/mol. The molecule has 37 heavy (non-hydrogen) atoms. The van der Waals surface area contributed by atoms with E-state index in [9.17, 15) is 14.4 Å². The predicted molar refractivity (Wildman–Crippen MR) is 142 cm³/mol. The number of esters is 1. The molecule has 0 aliphatic carbocycles. The molecule has 2 heterocycles. The fourth-order valence-corrected chi connectivity index (χ4v) is 4.80. The highest BCUT2D eigenvalue weighted by molar-refractivity contribution is 7.20. The van der Waals surface area contributed by atoms with Crippen molar-refractivity contribution >= 4 is 50.7 Å². The minimum Gasteiger partial charge on any atom is -0.495 e. The molecule has 192 valence electrons. The molecule has 0 atom stereocenters. The molecule has 0 radical (unpaired) electrons. The number of para-hydroxylation sites is 1. The van der Waals surface area contributed by atoms with E-state index in [1.165, 1.54) is 18.0 Å². The maximum absolute atomic E-state index is 13.1. The third kappa shape index (κ3) is 5.92. The first-order valence-electron chi connectivity index (χ1n) is 11.3. The first kappa shape index (κ1) is 26.2. The van der Waals surface area contributed by atoms with Crippen LogP contribution in [0.5, 0.6) is 11.5 Å². The minimum absolute atomic E-state index is 0.0485. The van der Waals surface area contributed by atoms with E-state index < -0.39 is 17.4 Å². The molecule has 2 aromatic heterocycles. The molecule has 1 N–H and O–H groups in total. The monoisotopic (exact) mass is 541 g/mol. The molecule has 0 aliphatic rings. The van der Waals surface area contributed by atoms with Crippen LogP contribution >= 0.6 is 22.9 Å². The van der Waals surface area contributed by atoms with Gasteiger partial charge in [-0.05, 0) is 43.2 Å². The Morgan fingerprint density at radius 3 is 2.62 bits per heavy atom. The Hall–Kier alpha value is -3.89. The molecule has 0 saturated heterocycles. The Morgan fingerprint density at radius 1 is 1.14 bits per heavy atom. The molecule has 0 saturated carbocycles. The number of carbonyl (C=O) groups is 2. The number of halogens is 1. The number of aromatic nitrogens is 2. The van der Waals surface area contributed by atoms with Gasteiger partial charge >= 0.3 is 5.97 Å². The number of anilines is 1. The number of nitrogens with one attached hydrogen (secondary N) is 1. The van der Waals surface area contributed by atoms with Crippen LogP contribution in [0, 0.1) is 13.8 Å². The number of hydrogen-bond donors (Lipinski definition) is 1. The van der Waals surface area contributed by atoms with Crippen molar-refractivity contribution in [3.8, 4) is 11.5 Å². The van der Waals surface area contributed by atoms with Gasteiger partial charge in [0.2, 0.25) is 5.91 Å². The number of fused-ring (bicyclic) bond motifs is 1. The fourth-order valence-electron chi connectivity index (χ4n) is 3.62. The lowest BCUT2D eigenvalue weighted by Crippen LogP contribution is -2.28. The molecular weight excluding hydrogens is 518 g/mol. The molecule has 4 aromatic rings. The number of thiophene rings is 1. The summed E-state index contributed by atoms with van der Waals surface area (Å²) in [5, 5.41) is 3.52. The standard InChI is InChI=1S/C26H24ClN3O6S/c1-15-11-19(20(34-3)12-18(15)27)29-21(31)13-30-14-28-24-22(25(30)32)16(2)23(37-24)26(33)36-10-9-35-17-7-5-4-6-8-17/h4-8,11-12,14H,9-10,13H2,1-3H3,(H,29,31). The van der Waals surface area contributed by atoms with Crippen LogP contribution in [0.1, 0.15) is 20.8 Å². The Morgan fingerprint density at radius 2 is 1.89 bits per heavy atom. The molecule has 2 aromatic carbocycles. The van der Waals surface area contributed by atoms with Crippen molar-refractivity contribution in [1.29, 1.82) is 0 Å². The van der Waals surface area contributed by atoms with Crippen LogP contribution in [0.15, 0.2) is 53.6 Å². The van der Waals surface area contributed by atoms with E-state index in [1.54, 1.807) is 26.0 Å². The zero-order chi connectivity index (χ0) is 26.5. The highest BCUT2D eigenvalue weighted by Crippen LogP contribution is 2.31. The smallest absolute Gasteiger partial charge is 0.348 e. The number of benzene rings is 2. The number of hydrogen-bond acceptors (Lipinski definition) is 8. The number of nitrogens with zero attached hydrogens (tertiary/aromatic N) is 2. The van der Waals surface area contributed by atoms with E-state index in [2.05, 4.69) is 10.3 Å². The molecule has 0 aliphatic heterocycles. The summed E-state index contributed by atoms with van der Waals surface area (Å²) >= 11 is 7.19. The number of rotatable bonds is 9. The quantitative estimate of drug-likeness (QED) is 0.243. The van der Waals surface area contributed by atoms with Gasteiger partial charge < -0.3 is 19.5 Å². The van der Waals surface area contributed by atoms with Gasteiger partial charge in [0, 0.05) is 11.1 Å². The summed E-state index contributed by atoms with van der Waals surface area (Å²) in [7, 11) is 1.47. The third-order valence-corrected chi connectivity index (χ3v) is 7.09. The predicted octanol–water partition coefficient (Wildman–Crippen LogP) is 4.61. The molecular formula is C26H24ClN3O6S. The van der Waals surface area contributed by atoms with E-state index in [0.717, 1.165) is 16.9 Å². The molecule has 0 fully saturated rings. The van der Waals surface area contributed by atoms with Crippen LogP contribution in [-0.2, 0) is 16.1 Å². The maximum atomic E-state index is 13.1. The van der Waals surface area contributed by atoms with Crippen molar-refractivity contribution in [3.05, 3.63) is 80.2 Å². The van der Waals surface area contributed by atoms with E-state index in [-0.39, 0.29) is 30.0 Å². The number of ether oxygens (including phenoxy) is 3. The first-order chi connectivity index (χ1) is 17.8. The van der Waals surface area contributed by atoms with E-state index >= 15 is 0 Å². The Balaban J connectivity index is 1.45. The third-order valence-electron chi connectivity index (χ3n) is 5.50. The van der Waals surface area contributed by atoms with Crippen molar-refractivity contribution in [2.75, 3.05) is 25.6 Å². The van der Waals surface area contributed by atoms with Gasteiger partial charge in [-0.15, -0.1) is 11.3 Å². The van der Waals surface area contributed by atoms with E-state index in [4.69, 9.17) is 25.8 Å². The van der Waals surface area contributed by atoms with Gasteiger partial charge in [0.15, 0.2) is 0 Å². The Labute approximate surface area is 221 Å². The van der Waals surface area contributed by atoms with Crippen LogP contribution in [0.2, 0.25) is 5.02 Å². The lowest BCUT2D eigenvalue weighted by atomic mass is 10.2. The molecule has 11 heteroatoms. The molecule has 0 bridgehead atoms. The maximum Gasteiger partial charge on any atom is 0.348 e. The highest BCUT2D eigenvalue weighted by Gasteiger charge is 2.21. The fraction of sp³-hybridized carbons (Fsp3) is 0.231. The SMILES string of the molecule is COc1cc(Cl)c(C)cc1NC(=O)Cn1cnc2sc(C(=O)OCCOc3ccccc3)c(C)c2c1=O. The lowest BCUT2D eigenvalue weighted by molar-refractivity contribution is -0.116. The second kappa shape index (κ2) is 11.4. The van der Waals surface area contributed by atoms with E-state index in [1.807, 2.05) is 30.3 Å². The summed E-state index contributed by atoms with van der Waals surface area (Å²) in [6.07, 6.45) is 1.29. The van der Waals surface area contributed by atoms with Crippen molar-refractivity contribution in [3.63, 3.8) is 0 Å². The van der Waals surface area contributed by atoms with Gasteiger partial charge in [0.1, 0.15) is 41.0 Å². The summed E-state index contributed by atoms with van der Waals surface area (Å²) in [5.41, 5.74) is 1.22. The van der Waals surface area contributed by atoms with Crippen LogP contribution < -0.4 is 20.3 Å². The van der Waals surface area contributed by atoms with Gasteiger partial charge in [-0.2, -0.15) is 0 Å². The van der Waals surface area contributed by atoms with Crippen LogP contribution in [0.3, 0.4) is 0 Å². The Bertz CT molecular complexity index is 1520. The molecule has 4 rings (SSSR count). The van der Waals surface area contributed by atoms with Crippen LogP contribution in [0.4, 0.5) is 5.69 Å². The summed E-state index contributed by atoms with van der Waals surface area (Å²) in [5.74, 6) is 0.0613. The van der Waals surface area contributed by atoms with E-state index in [0.29, 0.717) is 32.6 Å². The number of aryl methyl sites for hydroxylation is 2. The van der Waals surface area contributed by atoms with Gasteiger partial charge in [-0.25, -0.2) is 9.78 Å². The number of methoxy groups -OCH3 is 1. The lowest BCUT2D eigenvalue weighted by Gasteiger charge is -2.13. The zero-order valence-corrected chi connectivity index (χ0v) is 21.9. The molecule has 0 unspecified atom stereocenters. The number of carbonyl (C=O) groups excluding carboxylic acids is 2. The summed E-state index contributed by atoms with van der Waals surface area (Å²) in [6.45, 7) is 3.42.